The fourth-order valence-electron chi connectivity index (χ4n) is 3.05. The molecule has 6 nitrogen and oxygen atoms in total. The molecule has 1 aliphatic carbocycles. The van der Waals surface area contributed by atoms with Gasteiger partial charge in [0.05, 0.1) is 24.1 Å². The van der Waals surface area contributed by atoms with Crippen LogP contribution in [0.15, 0.2) is 39.5 Å². The quantitative estimate of drug-likeness (QED) is 0.900. The van der Waals surface area contributed by atoms with Crippen molar-refractivity contribution in [2.75, 3.05) is 19.8 Å². The first-order chi connectivity index (χ1) is 12.2. The molecule has 2 heterocycles. The zero-order valence-corrected chi connectivity index (χ0v) is 13.9. The second-order valence-electron chi connectivity index (χ2n) is 6.73. The van der Waals surface area contributed by atoms with Gasteiger partial charge in [-0.1, -0.05) is 12.1 Å². The predicted octanol–water partition coefficient (Wildman–Crippen LogP) is 2.11. The molecule has 4 rings (SSSR count). The van der Waals surface area contributed by atoms with E-state index < -0.39 is 5.91 Å². The Morgan fingerprint density at radius 3 is 2.92 bits per heavy atom. The number of carbonyl (C=O) groups excluding carboxylic acids is 1. The molecule has 1 N–H and O–H groups in total. The van der Waals surface area contributed by atoms with E-state index in [0.29, 0.717) is 30.1 Å². The highest BCUT2D eigenvalue weighted by molar-refractivity contribution is 5.93. The van der Waals surface area contributed by atoms with Crippen molar-refractivity contribution in [3.8, 4) is 0 Å². The van der Waals surface area contributed by atoms with Crippen LogP contribution in [0.1, 0.15) is 29.8 Å². The number of amides is 1. The predicted molar refractivity (Wildman–Crippen MR) is 91.6 cm³/mol. The van der Waals surface area contributed by atoms with Gasteiger partial charge in [0.25, 0.3) is 5.91 Å². The zero-order valence-electron chi connectivity index (χ0n) is 13.9. The van der Waals surface area contributed by atoms with Crippen molar-refractivity contribution in [3.63, 3.8) is 0 Å². The van der Waals surface area contributed by atoms with Gasteiger partial charge in [-0.2, -0.15) is 0 Å². The molecule has 0 unspecified atom stereocenters. The molecule has 1 saturated heterocycles. The summed E-state index contributed by atoms with van der Waals surface area (Å²) in [6.07, 6.45) is 3.13. The van der Waals surface area contributed by atoms with E-state index in [-0.39, 0.29) is 23.3 Å². The van der Waals surface area contributed by atoms with Crippen LogP contribution in [0.4, 0.5) is 0 Å². The first-order valence-electron chi connectivity index (χ1n) is 8.74. The Morgan fingerprint density at radius 2 is 2.08 bits per heavy atom. The van der Waals surface area contributed by atoms with Gasteiger partial charge in [-0.25, -0.2) is 0 Å². The summed E-state index contributed by atoms with van der Waals surface area (Å²) in [6, 6.07) is 7.89. The van der Waals surface area contributed by atoms with Crippen LogP contribution in [0, 0.1) is 5.92 Å². The van der Waals surface area contributed by atoms with E-state index in [9.17, 15) is 9.59 Å². The van der Waals surface area contributed by atoms with Crippen LogP contribution in [0.5, 0.6) is 0 Å². The highest BCUT2D eigenvalue weighted by Crippen LogP contribution is 2.30. The number of ether oxygens (including phenoxy) is 2. The molecule has 2 atom stereocenters. The number of para-hydroxylation sites is 1. The van der Waals surface area contributed by atoms with Crippen molar-refractivity contribution >= 4 is 16.9 Å². The minimum atomic E-state index is -0.418. The monoisotopic (exact) mass is 343 g/mol. The van der Waals surface area contributed by atoms with Gasteiger partial charge >= 0.3 is 0 Å². The summed E-state index contributed by atoms with van der Waals surface area (Å²) in [7, 11) is 0. The minimum Gasteiger partial charge on any atom is -0.451 e. The molecule has 1 amide bonds. The van der Waals surface area contributed by atoms with Gasteiger partial charge in [-0.05, 0) is 37.3 Å². The summed E-state index contributed by atoms with van der Waals surface area (Å²) >= 11 is 0. The van der Waals surface area contributed by atoms with Crippen molar-refractivity contribution < 1.29 is 18.7 Å². The normalized spacial score (nSPS) is 23.5. The molecule has 1 aromatic carbocycles. The van der Waals surface area contributed by atoms with Gasteiger partial charge in [0, 0.05) is 19.3 Å². The maximum Gasteiger partial charge on any atom is 0.287 e. The SMILES string of the molecule is O=C(N[C@@H]1COCC[C@@H]1OCC1CC1)c1cc(=O)c2ccccc2o1. The summed E-state index contributed by atoms with van der Waals surface area (Å²) < 4.78 is 17.0. The molecule has 25 heavy (non-hydrogen) atoms. The number of carbonyl (C=O) groups is 1. The van der Waals surface area contributed by atoms with E-state index in [0.717, 1.165) is 13.0 Å². The van der Waals surface area contributed by atoms with Crippen molar-refractivity contribution in [1.82, 2.24) is 5.32 Å². The van der Waals surface area contributed by atoms with Crippen LogP contribution >= 0.6 is 0 Å². The topological polar surface area (TPSA) is 77.8 Å². The molecule has 0 bridgehead atoms. The number of nitrogens with one attached hydrogen (secondary N) is 1. The Kier molecular flexibility index (Phi) is 4.55. The van der Waals surface area contributed by atoms with E-state index in [1.807, 2.05) is 0 Å². The molecule has 1 saturated carbocycles. The third kappa shape index (κ3) is 3.75. The Morgan fingerprint density at radius 1 is 1.24 bits per heavy atom. The lowest BCUT2D eigenvalue weighted by Gasteiger charge is -2.32. The standard InChI is InChI=1S/C19H21NO5/c21-15-9-18(25-16-4-2-1-3-13(15)16)19(22)20-14-11-23-8-7-17(14)24-10-12-5-6-12/h1-4,9,12,14,17H,5-8,10-11H2,(H,20,22)/t14-,17+/m1/s1. The fraction of sp³-hybridized carbons (Fsp3) is 0.474. The molecule has 0 spiro atoms. The lowest BCUT2D eigenvalue weighted by molar-refractivity contribution is -0.0569. The van der Waals surface area contributed by atoms with Crippen molar-refractivity contribution in [3.05, 3.63) is 46.3 Å². The van der Waals surface area contributed by atoms with Crippen LogP contribution in [0.2, 0.25) is 0 Å². The van der Waals surface area contributed by atoms with Gasteiger partial charge in [-0.15, -0.1) is 0 Å². The van der Waals surface area contributed by atoms with E-state index in [1.165, 1.54) is 18.9 Å². The molecule has 1 aromatic heterocycles. The highest BCUT2D eigenvalue weighted by atomic mass is 16.5. The number of hydrogen-bond donors (Lipinski definition) is 1. The van der Waals surface area contributed by atoms with Crippen LogP contribution in [-0.4, -0.2) is 37.9 Å². The second kappa shape index (κ2) is 6.98. The Balaban J connectivity index is 1.48. The molecule has 2 aromatic rings. The summed E-state index contributed by atoms with van der Waals surface area (Å²) in [5.74, 6) is 0.256. The molecule has 6 heteroatoms. The number of fused-ring (bicyclic) bond motifs is 1. The summed E-state index contributed by atoms with van der Waals surface area (Å²) in [4.78, 5) is 24.7. The minimum absolute atomic E-state index is 0.00946. The smallest absolute Gasteiger partial charge is 0.287 e. The average Bonchev–Trinajstić information content (AvgIpc) is 3.45. The van der Waals surface area contributed by atoms with Gasteiger partial charge < -0.3 is 19.2 Å². The van der Waals surface area contributed by atoms with E-state index in [1.54, 1.807) is 24.3 Å². The largest absolute Gasteiger partial charge is 0.451 e. The van der Waals surface area contributed by atoms with Crippen LogP contribution in [0.25, 0.3) is 11.0 Å². The average molecular weight is 343 g/mol. The Hall–Kier alpha value is -2.18. The summed E-state index contributed by atoms with van der Waals surface area (Å²) in [5, 5.41) is 3.36. The summed E-state index contributed by atoms with van der Waals surface area (Å²) in [6.45, 7) is 1.77. The first-order valence-corrected chi connectivity index (χ1v) is 8.74. The molecular weight excluding hydrogens is 322 g/mol. The first kappa shape index (κ1) is 16.3. The van der Waals surface area contributed by atoms with Crippen LogP contribution < -0.4 is 10.7 Å². The molecule has 2 fully saturated rings. The van der Waals surface area contributed by atoms with Crippen molar-refractivity contribution in [2.24, 2.45) is 5.92 Å². The number of benzene rings is 1. The van der Waals surface area contributed by atoms with Gasteiger partial charge in [0.15, 0.2) is 11.2 Å². The molecule has 2 aliphatic rings. The Labute approximate surface area is 145 Å². The molecule has 0 radical (unpaired) electrons. The lowest BCUT2D eigenvalue weighted by Crippen LogP contribution is -2.50. The highest BCUT2D eigenvalue weighted by Gasteiger charge is 2.31. The van der Waals surface area contributed by atoms with E-state index in [4.69, 9.17) is 13.9 Å². The van der Waals surface area contributed by atoms with Gasteiger partial charge in [0.1, 0.15) is 5.58 Å². The van der Waals surface area contributed by atoms with Gasteiger partial charge in [-0.3, -0.25) is 9.59 Å². The zero-order chi connectivity index (χ0) is 17.2. The lowest BCUT2D eigenvalue weighted by atomic mass is 10.1. The van der Waals surface area contributed by atoms with Gasteiger partial charge in [0.2, 0.25) is 0 Å². The second-order valence-corrected chi connectivity index (χ2v) is 6.73. The maximum absolute atomic E-state index is 12.5. The number of rotatable bonds is 5. The molecule has 132 valence electrons. The Bertz CT molecular complexity index is 826. The van der Waals surface area contributed by atoms with Crippen LogP contribution in [0.3, 0.4) is 0 Å². The fourth-order valence-corrected chi connectivity index (χ4v) is 3.05. The third-order valence-corrected chi connectivity index (χ3v) is 4.71. The molecular formula is C19H21NO5. The van der Waals surface area contributed by atoms with E-state index >= 15 is 0 Å². The summed E-state index contributed by atoms with van der Waals surface area (Å²) in [5.41, 5.74) is 0.176. The number of hydrogen-bond acceptors (Lipinski definition) is 5. The maximum atomic E-state index is 12.5. The van der Waals surface area contributed by atoms with Crippen LogP contribution in [-0.2, 0) is 9.47 Å². The third-order valence-electron chi connectivity index (χ3n) is 4.71. The van der Waals surface area contributed by atoms with E-state index in [2.05, 4.69) is 5.32 Å². The van der Waals surface area contributed by atoms with Crippen molar-refractivity contribution in [1.29, 1.82) is 0 Å². The van der Waals surface area contributed by atoms with Crippen molar-refractivity contribution in [2.45, 2.75) is 31.4 Å². The molecule has 1 aliphatic heterocycles.